The van der Waals surface area contributed by atoms with Crippen molar-refractivity contribution in [1.29, 1.82) is 0 Å². The minimum absolute atomic E-state index is 0.00874. The first kappa shape index (κ1) is 19.3. The quantitative estimate of drug-likeness (QED) is 0.623. The molecule has 1 saturated heterocycles. The Labute approximate surface area is 169 Å². The van der Waals surface area contributed by atoms with Crippen molar-refractivity contribution in [2.24, 2.45) is 7.05 Å². The van der Waals surface area contributed by atoms with Crippen molar-refractivity contribution in [3.8, 4) is 0 Å². The molecular weight excluding hydrogens is 368 g/mol. The molecule has 2 aromatic heterocycles. The van der Waals surface area contributed by atoms with Gasteiger partial charge >= 0.3 is 11.1 Å². The van der Waals surface area contributed by atoms with Gasteiger partial charge < -0.3 is 14.4 Å². The van der Waals surface area contributed by atoms with Crippen LogP contribution >= 0.6 is 0 Å². The van der Waals surface area contributed by atoms with E-state index in [1.54, 1.807) is 11.6 Å². The first-order valence-electron chi connectivity index (χ1n) is 9.86. The lowest BCUT2D eigenvalue weighted by atomic mass is 10.0. The summed E-state index contributed by atoms with van der Waals surface area (Å²) in [7, 11) is 5.68. The van der Waals surface area contributed by atoms with Crippen LogP contribution < -0.4 is 16.0 Å². The minimum Gasteiger partial charge on any atom is -0.341 e. The number of fused-ring (bicyclic) bond motifs is 1. The molecule has 0 amide bonds. The van der Waals surface area contributed by atoms with E-state index in [0.29, 0.717) is 5.95 Å². The second-order valence-corrected chi connectivity index (χ2v) is 7.88. The average molecular weight is 394 g/mol. The van der Waals surface area contributed by atoms with E-state index in [0.717, 1.165) is 49.1 Å². The van der Waals surface area contributed by atoms with Crippen molar-refractivity contribution in [2.45, 2.75) is 25.4 Å². The molecule has 1 aromatic carbocycles. The highest BCUT2D eigenvalue weighted by Crippen LogP contribution is 2.26. The topological polar surface area (TPSA) is 76.3 Å². The molecule has 0 unspecified atom stereocenters. The van der Waals surface area contributed by atoms with Crippen LogP contribution in [0.15, 0.2) is 46.2 Å². The highest BCUT2D eigenvalue weighted by molar-refractivity contribution is 5.75. The number of para-hydroxylation sites is 2. The van der Waals surface area contributed by atoms with E-state index >= 15 is 0 Å². The smallest absolute Gasteiger partial charge is 0.317 e. The van der Waals surface area contributed by atoms with Crippen LogP contribution in [0.4, 0.5) is 5.95 Å². The number of aryl methyl sites for hydroxylation is 1. The van der Waals surface area contributed by atoms with Gasteiger partial charge in [0, 0.05) is 50.7 Å². The van der Waals surface area contributed by atoms with Gasteiger partial charge in [-0.1, -0.05) is 12.1 Å². The second kappa shape index (κ2) is 7.79. The zero-order valence-corrected chi connectivity index (χ0v) is 17.1. The van der Waals surface area contributed by atoms with E-state index in [1.165, 1.54) is 4.57 Å². The summed E-state index contributed by atoms with van der Waals surface area (Å²) in [5.41, 5.74) is 1.73. The number of hydrogen-bond donors (Lipinski definition) is 0. The van der Waals surface area contributed by atoms with Crippen molar-refractivity contribution in [1.82, 2.24) is 24.0 Å². The molecule has 4 rings (SSSR count). The lowest BCUT2D eigenvalue weighted by Crippen LogP contribution is -2.45. The molecule has 152 valence electrons. The Morgan fingerprint density at radius 2 is 1.62 bits per heavy atom. The van der Waals surface area contributed by atoms with E-state index in [2.05, 4.69) is 19.8 Å². The number of piperidine rings is 1. The van der Waals surface area contributed by atoms with E-state index < -0.39 is 11.1 Å². The summed E-state index contributed by atoms with van der Waals surface area (Å²) < 4.78 is 3.13. The number of nitrogens with zero attached hydrogens (tertiary/aromatic N) is 6. The molecule has 0 atom stereocenters. The molecule has 0 radical (unpaired) electrons. The van der Waals surface area contributed by atoms with Crippen molar-refractivity contribution < 1.29 is 0 Å². The molecule has 1 aliphatic heterocycles. The lowest BCUT2D eigenvalue weighted by molar-refractivity contribution is 0.390. The van der Waals surface area contributed by atoms with E-state index in [-0.39, 0.29) is 6.04 Å². The summed E-state index contributed by atoms with van der Waals surface area (Å²) in [4.78, 5) is 38.5. The monoisotopic (exact) mass is 394 g/mol. The molecule has 1 aliphatic rings. The van der Waals surface area contributed by atoms with E-state index in [4.69, 9.17) is 0 Å². The Morgan fingerprint density at radius 3 is 2.24 bits per heavy atom. The predicted octanol–water partition coefficient (Wildman–Crippen LogP) is 1.39. The first-order valence-corrected chi connectivity index (χ1v) is 9.86. The maximum atomic E-state index is 12.8. The Bertz CT molecular complexity index is 1120. The van der Waals surface area contributed by atoms with Gasteiger partial charge in [0.25, 0.3) is 0 Å². The fourth-order valence-corrected chi connectivity index (χ4v) is 4.06. The number of hydrogen-bond acceptors (Lipinski definition) is 6. The summed E-state index contributed by atoms with van der Waals surface area (Å²) in [5, 5.41) is 0. The van der Waals surface area contributed by atoms with Crippen LogP contribution in [0.2, 0.25) is 0 Å². The molecular formula is C21H26N6O2. The molecule has 29 heavy (non-hydrogen) atoms. The normalized spacial score (nSPS) is 15.4. The largest absolute Gasteiger partial charge is 0.341 e. The van der Waals surface area contributed by atoms with Gasteiger partial charge in [-0.15, -0.1) is 0 Å². The highest BCUT2D eigenvalue weighted by atomic mass is 16.2. The molecule has 0 aliphatic carbocycles. The van der Waals surface area contributed by atoms with Crippen LogP contribution in [0.3, 0.4) is 0 Å². The maximum absolute atomic E-state index is 12.8. The fourth-order valence-electron chi connectivity index (χ4n) is 4.06. The molecule has 8 heteroatoms. The fraction of sp³-hybridized carbons (Fsp3) is 0.429. The third kappa shape index (κ3) is 3.67. The van der Waals surface area contributed by atoms with Gasteiger partial charge in [0.2, 0.25) is 5.95 Å². The molecule has 3 aromatic rings. The van der Waals surface area contributed by atoms with Crippen LogP contribution in [0, 0.1) is 0 Å². The van der Waals surface area contributed by atoms with Gasteiger partial charge in [-0.25, -0.2) is 9.97 Å². The summed E-state index contributed by atoms with van der Waals surface area (Å²) in [6, 6.07) is 7.57. The van der Waals surface area contributed by atoms with Crippen molar-refractivity contribution in [3.63, 3.8) is 0 Å². The first-order chi connectivity index (χ1) is 14.0. The molecule has 0 spiro atoms. The minimum atomic E-state index is -0.481. The summed E-state index contributed by atoms with van der Waals surface area (Å²) in [6.45, 7) is 2.29. The molecule has 8 nitrogen and oxygen atoms in total. The van der Waals surface area contributed by atoms with Crippen LogP contribution in [0.1, 0.15) is 24.4 Å². The van der Waals surface area contributed by atoms with Crippen molar-refractivity contribution in [3.05, 3.63) is 62.9 Å². The summed E-state index contributed by atoms with van der Waals surface area (Å²) in [6.07, 6.45) is 5.26. The van der Waals surface area contributed by atoms with Gasteiger partial charge in [0.05, 0.1) is 11.0 Å². The van der Waals surface area contributed by atoms with Gasteiger partial charge in [0.1, 0.15) is 0 Å². The Hall–Kier alpha value is -3.00. The van der Waals surface area contributed by atoms with Crippen LogP contribution in [0.5, 0.6) is 0 Å². The predicted molar refractivity (Wildman–Crippen MR) is 113 cm³/mol. The number of rotatable bonds is 4. The second-order valence-electron chi connectivity index (χ2n) is 7.88. The van der Waals surface area contributed by atoms with Gasteiger partial charge in [-0.3, -0.25) is 14.2 Å². The van der Waals surface area contributed by atoms with Crippen LogP contribution in [0.25, 0.3) is 11.0 Å². The number of benzene rings is 1. The zero-order valence-electron chi connectivity index (χ0n) is 17.1. The van der Waals surface area contributed by atoms with Crippen molar-refractivity contribution in [2.75, 3.05) is 32.1 Å². The molecule has 1 fully saturated rings. The summed E-state index contributed by atoms with van der Waals surface area (Å²) >= 11 is 0. The molecule has 3 heterocycles. The Morgan fingerprint density at radius 1 is 1.00 bits per heavy atom. The maximum Gasteiger partial charge on any atom is 0.317 e. The van der Waals surface area contributed by atoms with Crippen LogP contribution in [-0.4, -0.2) is 51.2 Å². The molecule has 0 bridgehead atoms. The van der Waals surface area contributed by atoms with Crippen molar-refractivity contribution >= 4 is 17.0 Å². The average Bonchev–Trinajstić information content (AvgIpc) is 2.73. The van der Waals surface area contributed by atoms with Crippen LogP contribution in [-0.2, 0) is 13.6 Å². The number of aromatic nitrogens is 4. The van der Waals surface area contributed by atoms with Gasteiger partial charge in [-0.2, -0.15) is 0 Å². The molecule has 0 saturated carbocycles. The Kier molecular flexibility index (Phi) is 5.19. The lowest BCUT2D eigenvalue weighted by Gasteiger charge is -2.33. The van der Waals surface area contributed by atoms with Gasteiger partial charge in [-0.05, 0) is 39.1 Å². The SMILES string of the molecule is CN(C)Cc1cnc(N2CCC(n3c(=O)c(=O)n(C)c4ccccc43)CC2)nc1. The van der Waals surface area contributed by atoms with Gasteiger partial charge in [0.15, 0.2) is 0 Å². The third-order valence-electron chi connectivity index (χ3n) is 5.51. The van der Waals surface area contributed by atoms with E-state index in [9.17, 15) is 9.59 Å². The third-order valence-corrected chi connectivity index (χ3v) is 5.51. The Balaban J connectivity index is 1.56. The summed E-state index contributed by atoms with van der Waals surface area (Å²) in [5.74, 6) is 0.715. The number of anilines is 1. The standard InChI is InChI=1S/C21H26N6O2/c1-24(2)14-15-12-22-21(23-13-15)26-10-8-16(9-11-26)27-18-7-5-4-6-17(18)25(3)19(28)20(27)29/h4-7,12-13,16H,8-11,14H2,1-3H3. The zero-order chi connectivity index (χ0) is 20.5. The molecule has 0 N–H and O–H groups in total. The highest BCUT2D eigenvalue weighted by Gasteiger charge is 2.25. The van der Waals surface area contributed by atoms with E-state index in [1.807, 2.05) is 50.8 Å².